The van der Waals surface area contributed by atoms with Crippen molar-refractivity contribution >= 4 is 22.8 Å². The number of nitriles is 1. The summed E-state index contributed by atoms with van der Waals surface area (Å²) in [4.78, 5) is 33.2. The third-order valence-corrected chi connectivity index (χ3v) is 6.90. The topological polar surface area (TPSA) is 119 Å². The normalized spacial score (nSPS) is 15.8. The number of likely N-dealkylation sites (tertiary alicyclic amines) is 1. The van der Waals surface area contributed by atoms with Crippen LogP contribution in [0, 0.1) is 16.7 Å². The van der Waals surface area contributed by atoms with Crippen LogP contribution in [0.25, 0.3) is 16.7 Å². The van der Waals surface area contributed by atoms with Crippen molar-refractivity contribution < 1.29 is 9.53 Å². The van der Waals surface area contributed by atoms with E-state index in [1.165, 1.54) is 0 Å². The van der Waals surface area contributed by atoms with E-state index in [0.717, 1.165) is 12.8 Å². The van der Waals surface area contributed by atoms with Crippen LogP contribution < -0.4 is 16.2 Å². The molecular formula is C31H32N6O3. The maximum absolute atomic E-state index is 13.9. The number of rotatable bonds is 6. The molecule has 1 amide bonds. The van der Waals surface area contributed by atoms with Crippen molar-refractivity contribution in [3.8, 4) is 23.3 Å². The Morgan fingerprint density at radius 1 is 1.12 bits per heavy atom. The third-order valence-electron chi connectivity index (χ3n) is 6.90. The zero-order chi connectivity index (χ0) is 28.4. The Bertz CT molecular complexity index is 1670. The number of aromatic nitrogens is 3. The number of pyridine rings is 1. The Balaban J connectivity index is 1.49. The molecule has 0 spiro atoms. The predicted molar refractivity (Wildman–Crippen MR) is 154 cm³/mol. The average Bonchev–Trinajstić information content (AvgIpc) is 3.51. The number of nitrogens with zero attached hydrogens (tertiary/aromatic N) is 5. The van der Waals surface area contributed by atoms with Gasteiger partial charge in [-0.1, -0.05) is 45.0 Å². The Morgan fingerprint density at radius 3 is 2.50 bits per heavy atom. The van der Waals surface area contributed by atoms with Crippen LogP contribution in [-0.4, -0.2) is 37.5 Å². The number of hydrogen-bond donors (Lipinski definition) is 1. The van der Waals surface area contributed by atoms with Crippen LogP contribution in [0.4, 0.5) is 5.82 Å². The summed E-state index contributed by atoms with van der Waals surface area (Å²) in [5.41, 5.74) is 7.58. The van der Waals surface area contributed by atoms with Crippen molar-refractivity contribution in [2.24, 2.45) is 5.41 Å². The summed E-state index contributed by atoms with van der Waals surface area (Å²) in [6.45, 7) is 6.67. The number of allylic oxidation sites excluding steroid dienone is 1. The van der Waals surface area contributed by atoms with Gasteiger partial charge in [-0.25, -0.2) is 9.78 Å². The minimum atomic E-state index is -0.313. The van der Waals surface area contributed by atoms with Gasteiger partial charge >= 0.3 is 5.69 Å². The highest BCUT2D eigenvalue weighted by Gasteiger charge is 2.33. The van der Waals surface area contributed by atoms with Crippen LogP contribution >= 0.6 is 0 Å². The Kier molecular flexibility index (Phi) is 7.18. The second-order valence-corrected chi connectivity index (χ2v) is 11.0. The summed E-state index contributed by atoms with van der Waals surface area (Å²) < 4.78 is 9.10. The maximum atomic E-state index is 13.9. The molecule has 9 heteroatoms. The Labute approximate surface area is 232 Å². The highest BCUT2D eigenvalue weighted by Crippen LogP contribution is 2.28. The van der Waals surface area contributed by atoms with E-state index in [9.17, 15) is 14.9 Å². The van der Waals surface area contributed by atoms with Gasteiger partial charge in [-0.15, -0.1) is 0 Å². The van der Waals surface area contributed by atoms with Crippen molar-refractivity contribution in [2.75, 3.05) is 12.3 Å². The number of ether oxygens (including phenoxy) is 1. The monoisotopic (exact) mass is 536 g/mol. The molecular weight excluding hydrogens is 504 g/mol. The first kappa shape index (κ1) is 26.8. The fourth-order valence-electron chi connectivity index (χ4n) is 5.16. The van der Waals surface area contributed by atoms with Gasteiger partial charge in [-0.2, -0.15) is 5.26 Å². The molecule has 0 bridgehead atoms. The van der Waals surface area contributed by atoms with Gasteiger partial charge in [0.25, 0.3) is 5.91 Å². The van der Waals surface area contributed by atoms with E-state index >= 15 is 0 Å². The lowest BCUT2D eigenvalue weighted by Crippen LogP contribution is -2.40. The van der Waals surface area contributed by atoms with Gasteiger partial charge in [0, 0.05) is 19.3 Å². The smallest absolute Gasteiger partial charge is 0.333 e. The second-order valence-electron chi connectivity index (χ2n) is 11.0. The Hall–Kier alpha value is -4.84. The number of hydrogen-bond acceptors (Lipinski definition) is 6. The van der Waals surface area contributed by atoms with Gasteiger partial charge < -0.3 is 15.4 Å². The first-order valence-corrected chi connectivity index (χ1v) is 13.3. The van der Waals surface area contributed by atoms with Gasteiger partial charge in [-0.3, -0.25) is 13.9 Å². The summed E-state index contributed by atoms with van der Waals surface area (Å²) in [7, 11) is 0. The molecule has 0 radical (unpaired) electrons. The molecule has 204 valence electrons. The summed E-state index contributed by atoms with van der Waals surface area (Å²) in [5, 5.41) is 9.69. The summed E-state index contributed by atoms with van der Waals surface area (Å²) in [6.07, 6.45) is 4.81. The fraction of sp³-hybridized carbons (Fsp3) is 0.290. The van der Waals surface area contributed by atoms with Crippen LogP contribution in [-0.2, 0) is 11.3 Å². The zero-order valence-electron chi connectivity index (χ0n) is 22.9. The van der Waals surface area contributed by atoms with Crippen LogP contribution in [0.2, 0.25) is 0 Å². The molecule has 9 nitrogen and oxygen atoms in total. The molecule has 2 aromatic heterocycles. The fourth-order valence-corrected chi connectivity index (χ4v) is 5.16. The van der Waals surface area contributed by atoms with Gasteiger partial charge in [0.1, 0.15) is 34.5 Å². The standard InChI is InChI=1S/C31H32N6O3/c1-31(2,3)18-21(19-32)29(38)35-17-7-8-23(35)20-36-26-15-16-34-28(33)27(26)37(30(36)39)22-11-13-25(14-12-22)40-24-9-5-4-6-10-24/h4-6,9-16,18,23H,7-8,17,20H2,1-3H3,(H2,33,34). The molecule has 1 aliphatic rings. The largest absolute Gasteiger partial charge is 0.457 e. The Morgan fingerprint density at radius 2 is 1.82 bits per heavy atom. The maximum Gasteiger partial charge on any atom is 0.333 e. The molecule has 0 aliphatic carbocycles. The van der Waals surface area contributed by atoms with E-state index in [1.807, 2.05) is 51.1 Å². The minimum Gasteiger partial charge on any atom is -0.457 e. The predicted octanol–water partition coefficient (Wildman–Crippen LogP) is 5.05. The summed E-state index contributed by atoms with van der Waals surface area (Å²) in [5.74, 6) is 1.28. The first-order valence-electron chi connectivity index (χ1n) is 13.3. The number of benzene rings is 2. The highest BCUT2D eigenvalue weighted by atomic mass is 16.5. The van der Waals surface area contributed by atoms with Crippen molar-refractivity contribution in [2.45, 2.75) is 46.2 Å². The summed E-state index contributed by atoms with van der Waals surface area (Å²) >= 11 is 0. The number of amides is 1. The SMILES string of the molecule is CC(C)(C)C=C(C#N)C(=O)N1CCCC1Cn1c(=O)n(-c2ccc(Oc3ccccc3)cc2)c2c(N)nccc21. The molecule has 2 N–H and O–H groups in total. The molecule has 1 saturated heterocycles. The lowest BCUT2D eigenvalue weighted by atomic mass is 9.93. The quantitative estimate of drug-likeness (QED) is 0.272. The molecule has 4 aromatic rings. The van der Waals surface area contributed by atoms with Gasteiger partial charge in [0.2, 0.25) is 0 Å². The number of nitrogens with two attached hydrogens (primary N) is 1. The molecule has 5 rings (SSSR count). The molecule has 1 aliphatic heterocycles. The highest BCUT2D eigenvalue weighted by molar-refractivity contribution is 5.97. The number of nitrogen functional groups attached to an aromatic ring is 1. The van der Waals surface area contributed by atoms with E-state index in [4.69, 9.17) is 10.5 Å². The second kappa shape index (κ2) is 10.7. The number of fused-ring (bicyclic) bond motifs is 1. The third kappa shape index (κ3) is 5.34. The van der Waals surface area contributed by atoms with Crippen LogP contribution in [0.3, 0.4) is 0 Å². The van der Waals surface area contributed by atoms with Crippen molar-refractivity contribution in [3.63, 3.8) is 0 Å². The molecule has 0 saturated carbocycles. The minimum absolute atomic E-state index is 0.125. The van der Waals surface area contributed by atoms with Crippen molar-refractivity contribution in [3.05, 3.63) is 89.0 Å². The number of carbonyl (C=O) groups excluding carboxylic acids is 1. The molecule has 2 aromatic carbocycles. The zero-order valence-corrected chi connectivity index (χ0v) is 22.9. The van der Waals surface area contributed by atoms with Gasteiger partial charge in [0.05, 0.1) is 17.2 Å². The van der Waals surface area contributed by atoms with E-state index in [1.54, 1.807) is 56.6 Å². The van der Waals surface area contributed by atoms with E-state index in [0.29, 0.717) is 34.8 Å². The van der Waals surface area contributed by atoms with Gasteiger partial charge in [0.15, 0.2) is 0 Å². The van der Waals surface area contributed by atoms with Crippen molar-refractivity contribution in [1.29, 1.82) is 5.26 Å². The van der Waals surface area contributed by atoms with E-state index < -0.39 is 0 Å². The van der Waals surface area contributed by atoms with Crippen LogP contribution in [0.15, 0.2) is 83.3 Å². The van der Waals surface area contributed by atoms with E-state index in [2.05, 4.69) is 11.1 Å². The lowest BCUT2D eigenvalue weighted by Gasteiger charge is -2.25. The number of imidazole rings is 1. The van der Waals surface area contributed by atoms with Crippen LogP contribution in [0.1, 0.15) is 33.6 Å². The van der Waals surface area contributed by atoms with Crippen molar-refractivity contribution in [1.82, 2.24) is 19.0 Å². The molecule has 1 fully saturated rings. The number of anilines is 1. The van der Waals surface area contributed by atoms with Gasteiger partial charge in [-0.05, 0) is 60.7 Å². The molecule has 1 unspecified atom stereocenters. The number of carbonyl (C=O) groups is 1. The van der Waals surface area contributed by atoms with E-state index in [-0.39, 0.29) is 41.0 Å². The van der Waals surface area contributed by atoms with Crippen LogP contribution in [0.5, 0.6) is 11.5 Å². The molecule has 1 atom stereocenters. The lowest BCUT2D eigenvalue weighted by molar-refractivity contribution is -0.127. The first-order chi connectivity index (χ1) is 19.2. The average molecular weight is 537 g/mol. The number of para-hydroxylation sites is 1. The summed E-state index contributed by atoms with van der Waals surface area (Å²) in [6, 6.07) is 20.3. The molecule has 3 heterocycles. The molecule has 40 heavy (non-hydrogen) atoms.